The molecule has 1 aliphatic carbocycles. The van der Waals surface area contributed by atoms with Crippen molar-refractivity contribution in [1.82, 2.24) is 10.6 Å². The number of allylic oxidation sites excluding steroid dienone is 1. The topological polar surface area (TPSA) is 78.7 Å². The molecule has 0 unspecified atom stereocenters. The Morgan fingerprint density at radius 2 is 1.70 bits per heavy atom. The van der Waals surface area contributed by atoms with Crippen LogP contribution in [0.1, 0.15) is 36.4 Å². The number of nitrogens with one attached hydrogen (secondary N) is 2. The zero-order valence-corrected chi connectivity index (χ0v) is 17.1. The Morgan fingerprint density at radius 1 is 1.03 bits per heavy atom. The highest BCUT2D eigenvalue weighted by Crippen LogP contribution is 2.40. The molecule has 0 spiro atoms. The first-order chi connectivity index (χ1) is 14.7. The fraction of sp³-hybridized carbons (Fsp3) is 0.250. The second kappa shape index (κ2) is 8.75. The molecule has 0 fully saturated rings. The summed E-state index contributed by atoms with van der Waals surface area (Å²) in [6.07, 6.45) is 7.16. The van der Waals surface area contributed by atoms with E-state index in [0.717, 1.165) is 47.6 Å². The third-order valence-corrected chi connectivity index (χ3v) is 5.43. The summed E-state index contributed by atoms with van der Waals surface area (Å²) in [5.41, 5.74) is 5.71. The van der Waals surface area contributed by atoms with Crippen LogP contribution in [0.25, 0.3) is 6.08 Å². The number of guanidine groups is 1. The van der Waals surface area contributed by atoms with Crippen LogP contribution in [0, 0.1) is 11.5 Å². The van der Waals surface area contributed by atoms with E-state index < -0.39 is 0 Å². The average Bonchev–Trinajstić information content (AvgIpc) is 2.80. The van der Waals surface area contributed by atoms with E-state index in [4.69, 9.17) is 19.7 Å². The molecule has 0 bridgehead atoms. The maximum Gasteiger partial charge on any atom is 0.210 e. The van der Waals surface area contributed by atoms with Crippen molar-refractivity contribution in [2.75, 3.05) is 14.2 Å². The Morgan fingerprint density at radius 3 is 2.33 bits per heavy atom. The Bertz CT molecular complexity index is 1040. The highest BCUT2D eigenvalue weighted by molar-refractivity contribution is 5.86. The number of nitrogens with zero attached hydrogens (tertiary/aromatic N) is 2. The summed E-state index contributed by atoms with van der Waals surface area (Å²) in [6.45, 7) is 0. The van der Waals surface area contributed by atoms with Gasteiger partial charge in [-0.05, 0) is 71.9 Å². The number of methoxy groups -OCH3 is 2. The first kappa shape index (κ1) is 19.6. The monoisotopic (exact) mass is 400 g/mol. The number of hydrogen-bond donors (Lipinski definition) is 2. The lowest BCUT2D eigenvalue weighted by Crippen LogP contribution is -2.39. The van der Waals surface area contributed by atoms with Crippen LogP contribution in [0.4, 0.5) is 0 Å². The van der Waals surface area contributed by atoms with Gasteiger partial charge in [-0.2, -0.15) is 5.26 Å². The predicted molar refractivity (Wildman–Crippen MR) is 117 cm³/mol. The molecule has 2 aromatic carbocycles. The van der Waals surface area contributed by atoms with E-state index in [-0.39, 0.29) is 6.04 Å². The van der Waals surface area contributed by atoms with Gasteiger partial charge in [0.25, 0.3) is 0 Å². The zero-order valence-electron chi connectivity index (χ0n) is 17.1. The van der Waals surface area contributed by atoms with Crippen LogP contribution < -0.4 is 20.1 Å². The molecule has 0 amide bonds. The van der Waals surface area contributed by atoms with Crippen molar-refractivity contribution >= 4 is 12.0 Å². The molecule has 2 aromatic rings. The molecule has 2 aliphatic rings. The van der Waals surface area contributed by atoms with Crippen LogP contribution in [0.5, 0.6) is 11.5 Å². The molecule has 1 heterocycles. The Kier molecular flexibility index (Phi) is 5.71. The van der Waals surface area contributed by atoms with Crippen molar-refractivity contribution in [2.45, 2.75) is 25.3 Å². The van der Waals surface area contributed by atoms with Crippen LogP contribution in [-0.2, 0) is 0 Å². The predicted octanol–water partition coefficient (Wildman–Crippen LogP) is 4.30. The van der Waals surface area contributed by atoms with Gasteiger partial charge in [0, 0.05) is 5.70 Å². The minimum Gasteiger partial charge on any atom is -0.497 e. The van der Waals surface area contributed by atoms with Gasteiger partial charge in [-0.3, -0.25) is 5.32 Å². The van der Waals surface area contributed by atoms with Gasteiger partial charge in [0.05, 0.1) is 14.2 Å². The fourth-order valence-electron chi connectivity index (χ4n) is 3.94. The number of nitriles is 1. The van der Waals surface area contributed by atoms with E-state index in [9.17, 15) is 0 Å². The highest BCUT2D eigenvalue weighted by Gasteiger charge is 2.29. The third kappa shape index (κ3) is 4.01. The summed E-state index contributed by atoms with van der Waals surface area (Å²) < 4.78 is 10.5. The Labute approximate surface area is 176 Å². The Balaban J connectivity index is 1.73. The number of benzene rings is 2. The van der Waals surface area contributed by atoms with E-state index in [0.29, 0.717) is 5.96 Å². The SMILES string of the molecule is COc1ccc(/C=C2/CCCC3=C2NC(NC#N)=N[C@H]3c2ccc(OC)cc2)cc1. The van der Waals surface area contributed by atoms with Gasteiger partial charge < -0.3 is 14.8 Å². The van der Waals surface area contributed by atoms with Crippen LogP contribution in [0.3, 0.4) is 0 Å². The molecular weight excluding hydrogens is 376 g/mol. The van der Waals surface area contributed by atoms with Gasteiger partial charge >= 0.3 is 0 Å². The van der Waals surface area contributed by atoms with Crippen LogP contribution in [0.2, 0.25) is 0 Å². The molecule has 1 atom stereocenters. The van der Waals surface area contributed by atoms with Crippen molar-refractivity contribution in [2.24, 2.45) is 4.99 Å². The van der Waals surface area contributed by atoms with E-state index in [2.05, 4.69) is 16.7 Å². The first-order valence-electron chi connectivity index (χ1n) is 9.93. The van der Waals surface area contributed by atoms with E-state index >= 15 is 0 Å². The summed E-state index contributed by atoms with van der Waals surface area (Å²) in [5.74, 6) is 2.12. The molecule has 0 saturated heterocycles. The second-order valence-electron chi connectivity index (χ2n) is 7.21. The van der Waals surface area contributed by atoms with Crippen LogP contribution in [-0.4, -0.2) is 20.2 Å². The number of rotatable bonds is 4. The van der Waals surface area contributed by atoms with Gasteiger partial charge in [0.2, 0.25) is 5.96 Å². The maximum absolute atomic E-state index is 9.15. The van der Waals surface area contributed by atoms with E-state index in [1.807, 2.05) is 54.7 Å². The number of aliphatic imine (C=N–C) groups is 1. The van der Waals surface area contributed by atoms with Gasteiger partial charge in [0.1, 0.15) is 17.5 Å². The third-order valence-electron chi connectivity index (χ3n) is 5.43. The van der Waals surface area contributed by atoms with Crippen LogP contribution >= 0.6 is 0 Å². The normalized spacial score (nSPS) is 19.3. The molecule has 4 rings (SSSR count). The number of ether oxygens (including phenoxy) is 2. The fourth-order valence-corrected chi connectivity index (χ4v) is 3.94. The number of hydrogen-bond acceptors (Lipinski definition) is 6. The molecule has 6 nitrogen and oxygen atoms in total. The molecule has 6 heteroatoms. The first-order valence-corrected chi connectivity index (χ1v) is 9.93. The van der Waals surface area contributed by atoms with Crippen molar-refractivity contribution in [1.29, 1.82) is 5.26 Å². The summed E-state index contributed by atoms with van der Waals surface area (Å²) in [5, 5.41) is 15.2. The lowest BCUT2D eigenvalue weighted by Gasteiger charge is -2.32. The molecule has 30 heavy (non-hydrogen) atoms. The van der Waals surface area contributed by atoms with Crippen molar-refractivity contribution in [3.63, 3.8) is 0 Å². The van der Waals surface area contributed by atoms with E-state index in [1.54, 1.807) is 14.2 Å². The molecule has 1 aliphatic heterocycles. The standard InChI is InChI=1S/C24H24N4O2/c1-29-19-10-6-16(7-11-19)14-18-4-3-5-21-22(17-8-12-20(30-2)13-9-17)27-24(26-15-25)28-23(18)21/h6-14,22H,3-5H2,1-2H3,(H2,26,27,28)/b18-14-/t22-/m0/s1. The quantitative estimate of drug-likeness (QED) is 0.591. The minimum absolute atomic E-state index is 0.137. The summed E-state index contributed by atoms with van der Waals surface area (Å²) in [7, 11) is 3.32. The van der Waals surface area contributed by atoms with Gasteiger partial charge in [-0.15, -0.1) is 0 Å². The molecule has 2 N–H and O–H groups in total. The lowest BCUT2D eigenvalue weighted by molar-refractivity contribution is 0.414. The smallest absolute Gasteiger partial charge is 0.210 e. The zero-order chi connectivity index (χ0) is 20.9. The van der Waals surface area contributed by atoms with Gasteiger partial charge in [-0.25, -0.2) is 4.99 Å². The summed E-state index contributed by atoms with van der Waals surface area (Å²) in [6, 6.07) is 15.8. The van der Waals surface area contributed by atoms with Crippen molar-refractivity contribution in [3.05, 3.63) is 76.5 Å². The Hall–Kier alpha value is -3.72. The molecule has 152 valence electrons. The second-order valence-corrected chi connectivity index (χ2v) is 7.21. The largest absolute Gasteiger partial charge is 0.497 e. The van der Waals surface area contributed by atoms with Crippen molar-refractivity contribution < 1.29 is 9.47 Å². The maximum atomic E-state index is 9.15. The molecule has 0 saturated carbocycles. The average molecular weight is 400 g/mol. The van der Waals surface area contributed by atoms with Gasteiger partial charge in [-0.1, -0.05) is 24.3 Å². The lowest BCUT2D eigenvalue weighted by atomic mass is 9.84. The minimum atomic E-state index is -0.137. The summed E-state index contributed by atoms with van der Waals surface area (Å²) >= 11 is 0. The summed E-state index contributed by atoms with van der Waals surface area (Å²) in [4.78, 5) is 4.78. The highest BCUT2D eigenvalue weighted by atomic mass is 16.5. The van der Waals surface area contributed by atoms with Gasteiger partial charge in [0.15, 0.2) is 6.19 Å². The molecular formula is C24H24N4O2. The molecule has 0 radical (unpaired) electrons. The van der Waals surface area contributed by atoms with Crippen LogP contribution in [0.15, 0.2) is 70.4 Å². The van der Waals surface area contributed by atoms with E-state index in [1.165, 1.54) is 11.1 Å². The van der Waals surface area contributed by atoms with Crippen molar-refractivity contribution in [3.8, 4) is 17.7 Å². The molecule has 0 aromatic heterocycles.